The van der Waals surface area contributed by atoms with Gasteiger partial charge in [0.15, 0.2) is 11.6 Å². The number of halogens is 3. The Kier molecular flexibility index (Phi) is 4.31. The van der Waals surface area contributed by atoms with Gasteiger partial charge in [0.25, 0.3) is 0 Å². The van der Waals surface area contributed by atoms with E-state index in [2.05, 4.69) is 25.1 Å². The molecule has 0 saturated heterocycles. The fourth-order valence-electron chi connectivity index (χ4n) is 3.79. The third-order valence-corrected chi connectivity index (χ3v) is 5.09. The molecule has 1 aliphatic rings. The quantitative estimate of drug-likeness (QED) is 0.505. The van der Waals surface area contributed by atoms with Gasteiger partial charge in [0.05, 0.1) is 0 Å². The first-order chi connectivity index (χ1) is 12.6. The summed E-state index contributed by atoms with van der Waals surface area (Å²) in [4.78, 5) is 0. The number of benzene rings is 3. The smallest absolute Gasteiger partial charge is 0.159 e. The van der Waals surface area contributed by atoms with Gasteiger partial charge in [0.2, 0.25) is 0 Å². The second kappa shape index (κ2) is 6.64. The molecule has 0 unspecified atom stereocenters. The highest BCUT2D eigenvalue weighted by atomic mass is 19.2. The topological polar surface area (TPSA) is 0 Å². The van der Waals surface area contributed by atoms with Crippen LogP contribution in [0.2, 0.25) is 0 Å². The van der Waals surface area contributed by atoms with Crippen LogP contribution in [0.15, 0.2) is 48.5 Å². The maximum atomic E-state index is 14.8. The molecule has 0 heterocycles. The molecule has 1 aliphatic carbocycles. The van der Waals surface area contributed by atoms with Gasteiger partial charge in [-0.15, -0.1) is 0 Å². The summed E-state index contributed by atoms with van der Waals surface area (Å²) < 4.78 is 41.5. The van der Waals surface area contributed by atoms with Crippen LogP contribution in [0.4, 0.5) is 13.2 Å². The molecule has 0 N–H and O–H groups in total. The van der Waals surface area contributed by atoms with E-state index in [0.717, 1.165) is 54.5 Å². The first-order valence-electron chi connectivity index (χ1n) is 8.97. The Hall–Kier alpha value is -2.55. The number of aryl methyl sites for hydroxylation is 3. The minimum Gasteiger partial charge on any atom is -0.206 e. The third kappa shape index (κ3) is 2.92. The predicted octanol–water partition coefficient (Wildman–Crippen LogP) is 6.49. The second-order valence-electron chi connectivity index (χ2n) is 6.86. The second-order valence-corrected chi connectivity index (χ2v) is 6.86. The summed E-state index contributed by atoms with van der Waals surface area (Å²) in [6, 6.07) is 13.2. The molecule has 3 aromatic rings. The molecule has 3 aromatic carbocycles. The largest absolute Gasteiger partial charge is 0.206 e. The van der Waals surface area contributed by atoms with Crippen LogP contribution >= 0.6 is 0 Å². The molecule has 0 nitrogen and oxygen atoms in total. The molecule has 0 radical (unpaired) electrons. The van der Waals surface area contributed by atoms with Crippen LogP contribution < -0.4 is 0 Å². The monoisotopic (exact) mass is 352 g/mol. The highest BCUT2D eigenvalue weighted by Crippen LogP contribution is 2.38. The number of hydrogen-bond donors (Lipinski definition) is 0. The van der Waals surface area contributed by atoms with Crippen molar-refractivity contribution in [2.45, 2.75) is 32.6 Å². The maximum absolute atomic E-state index is 14.8. The van der Waals surface area contributed by atoms with Crippen LogP contribution in [0.25, 0.3) is 22.3 Å². The summed E-state index contributed by atoms with van der Waals surface area (Å²) in [6.07, 6.45) is 3.86. The number of fused-ring (bicyclic) bond motifs is 3. The van der Waals surface area contributed by atoms with Gasteiger partial charge < -0.3 is 0 Å². The first-order valence-corrected chi connectivity index (χ1v) is 8.97. The Morgan fingerprint density at radius 2 is 1.46 bits per heavy atom. The van der Waals surface area contributed by atoms with E-state index in [1.165, 1.54) is 23.3 Å². The Bertz CT molecular complexity index is 989. The third-order valence-electron chi connectivity index (χ3n) is 5.09. The van der Waals surface area contributed by atoms with Crippen molar-refractivity contribution in [3.05, 3.63) is 82.7 Å². The van der Waals surface area contributed by atoms with Gasteiger partial charge >= 0.3 is 0 Å². The number of rotatable bonds is 3. The Balaban J connectivity index is 1.79. The van der Waals surface area contributed by atoms with Gasteiger partial charge in [0.1, 0.15) is 5.82 Å². The SMILES string of the molecule is CCCc1ccc2c(c1)CCc1cc(-c3ccc(F)c(F)c3)c(F)cc1-2. The zero-order chi connectivity index (χ0) is 18.3. The van der Waals surface area contributed by atoms with Gasteiger partial charge in [-0.2, -0.15) is 0 Å². The van der Waals surface area contributed by atoms with Crippen molar-refractivity contribution >= 4 is 0 Å². The maximum Gasteiger partial charge on any atom is 0.159 e. The van der Waals surface area contributed by atoms with E-state index in [0.29, 0.717) is 11.1 Å². The van der Waals surface area contributed by atoms with Crippen LogP contribution in [0.5, 0.6) is 0 Å². The van der Waals surface area contributed by atoms with Crippen molar-refractivity contribution in [1.29, 1.82) is 0 Å². The van der Waals surface area contributed by atoms with E-state index in [1.54, 1.807) is 6.07 Å². The lowest BCUT2D eigenvalue weighted by Crippen LogP contribution is -2.06. The van der Waals surface area contributed by atoms with Crippen molar-refractivity contribution < 1.29 is 13.2 Å². The lowest BCUT2D eigenvalue weighted by molar-refractivity contribution is 0.509. The zero-order valence-corrected chi connectivity index (χ0v) is 14.6. The van der Waals surface area contributed by atoms with Crippen LogP contribution in [-0.4, -0.2) is 0 Å². The van der Waals surface area contributed by atoms with Crippen LogP contribution in [0.3, 0.4) is 0 Å². The molecule has 4 rings (SSSR count). The van der Waals surface area contributed by atoms with E-state index >= 15 is 0 Å². The number of hydrogen-bond acceptors (Lipinski definition) is 0. The van der Waals surface area contributed by atoms with E-state index in [-0.39, 0.29) is 0 Å². The molecular formula is C23H19F3. The average Bonchev–Trinajstić information content (AvgIpc) is 2.63. The standard InChI is InChI=1S/C23H19F3/c1-2-3-14-4-8-18-15(10-14)5-6-16-11-20(22(25)13-19(16)18)17-7-9-21(24)23(26)12-17/h4,7-13H,2-3,5-6H2,1H3. The van der Waals surface area contributed by atoms with Crippen LogP contribution in [-0.2, 0) is 19.3 Å². The summed E-state index contributed by atoms with van der Waals surface area (Å²) in [5.74, 6) is -2.31. The minimum absolute atomic E-state index is 0.314. The fourth-order valence-corrected chi connectivity index (χ4v) is 3.79. The molecule has 132 valence electrons. The molecule has 0 atom stereocenters. The Morgan fingerprint density at radius 3 is 2.19 bits per heavy atom. The van der Waals surface area contributed by atoms with Crippen molar-refractivity contribution in [2.75, 3.05) is 0 Å². The van der Waals surface area contributed by atoms with Crippen LogP contribution in [0, 0.1) is 17.5 Å². The molecule has 0 aliphatic heterocycles. The summed E-state index contributed by atoms with van der Waals surface area (Å²) in [6.45, 7) is 2.16. The zero-order valence-electron chi connectivity index (χ0n) is 14.6. The van der Waals surface area contributed by atoms with Gasteiger partial charge in [-0.1, -0.05) is 37.6 Å². The molecular weight excluding hydrogens is 333 g/mol. The van der Waals surface area contributed by atoms with E-state index in [4.69, 9.17) is 0 Å². The van der Waals surface area contributed by atoms with Gasteiger partial charge in [0, 0.05) is 5.56 Å². The highest BCUT2D eigenvalue weighted by Gasteiger charge is 2.20. The lowest BCUT2D eigenvalue weighted by Gasteiger charge is -2.22. The molecule has 0 amide bonds. The van der Waals surface area contributed by atoms with Crippen LogP contribution in [0.1, 0.15) is 30.0 Å². The molecule has 0 bridgehead atoms. The minimum atomic E-state index is -0.964. The van der Waals surface area contributed by atoms with Gasteiger partial charge in [-0.3, -0.25) is 0 Å². The predicted molar refractivity (Wildman–Crippen MR) is 98.6 cm³/mol. The molecule has 3 heteroatoms. The van der Waals surface area contributed by atoms with E-state index in [9.17, 15) is 13.2 Å². The summed E-state index contributed by atoms with van der Waals surface area (Å²) in [7, 11) is 0. The summed E-state index contributed by atoms with van der Waals surface area (Å²) in [5.41, 5.74) is 6.25. The first kappa shape index (κ1) is 16.9. The highest BCUT2D eigenvalue weighted by molar-refractivity contribution is 5.78. The fraction of sp³-hybridized carbons (Fsp3) is 0.217. The molecule has 0 saturated carbocycles. The lowest BCUT2D eigenvalue weighted by atomic mass is 9.83. The van der Waals surface area contributed by atoms with Crippen molar-refractivity contribution in [1.82, 2.24) is 0 Å². The summed E-state index contributed by atoms with van der Waals surface area (Å²) in [5, 5.41) is 0. The van der Waals surface area contributed by atoms with Crippen molar-refractivity contribution in [3.8, 4) is 22.3 Å². The molecule has 26 heavy (non-hydrogen) atoms. The van der Waals surface area contributed by atoms with Gasteiger partial charge in [-0.25, -0.2) is 13.2 Å². The Morgan fingerprint density at radius 1 is 0.692 bits per heavy atom. The van der Waals surface area contributed by atoms with Crippen molar-refractivity contribution in [3.63, 3.8) is 0 Å². The summed E-state index contributed by atoms with van der Waals surface area (Å²) >= 11 is 0. The van der Waals surface area contributed by atoms with E-state index in [1.807, 2.05) is 0 Å². The Labute approximate surface area is 151 Å². The molecule has 0 spiro atoms. The molecule has 0 fully saturated rings. The molecule has 0 aromatic heterocycles. The average molecular weight is 352 g/mol. The van der Waals surface area contributed by atoms with Gasteiger partial charge in [-0.05, 0) is 76.9 Å². The van der Waals surface area contributed by atoms with Crippen molar-refractivity contribution in [2.24, 2.45) is 0 Å². The normalized spacial score (nSPS) is 12.6. The van der Waals surface area contributed by atoms with E-state index < -0.39 is 17.5 Å².